The maximum absolute atomic E-state index is 12.6. The number of rotatable bonds is 7. The van der Waals surface area contributed by atoms with E-state index in [1.165, 1.54) is 33.1 Å². The van der Waals surface area contributed by atoms with Crippen molar-refractivity contribution in [3.8, 4) is 0 Å². The van der Waals surface area contributed by atoms with Gasteiger partial charge in [-0.2, -0.15) is 0 Å². The first kappa shape index (κ1) is 24.6. The number of nitrogens with zero attached hydrogens (tertiary/aromatic N) is 5. The molecule has 0 saturated carbocycles. The molecule has 14 heteroatoms. The topological polar surface area (TPSA) is 153 Å². The van der Waals surface area contributed by atoms with Gasteiger partial charge in [0.15, 0.2) is 6.10 Å². The number of benzene rings is 1. The maximum Gasteiger partial charge on any atom is 1.00 e. The number of carboxylic acids is 1. The Bertz CT molecular complexity index is 1010. The number of aliphatic carboxylic acids is 1. The molecule has 2 aliphatic heterocycles. The van der Waals surface area contributed by atoms with E-state index in [1.54, 1.807) is 37.4 Å². The molecular weight excluding hydrogens is 451 g/mol. The van der Waals surface area contributed by atoms with Crippen LogP contribution < -0.4 is 29.3 Å². The summed E-state index contributed by atoms with van der Waals surface area (Å²) in [5, 5.41) is 35.9. The summed E-state index contributed by atoms with van der Waals surface area (Å²) in [6.07, 6.45) is -1.39. The number of carbonyl (C=O) groups is 3. The largest absolute Gasteiger partial charge is 1.00 e. The van der Waals surface area contributed by atoms with Crippen LogP contribution in [0.2, 0.25) is 0 Å². The quantitative estimate of drug-likeness (QED) is 0.229. The van der Waals surface area contributed by atoms with E-state index >= 15 is 0 Å². The van der Waals surface area contributed by atoms with Crippen molar-refractivity contribution >= 4 is 41.3 Å². The summed E-state index contributed by atoms with van der Waals surface area (Å²) < 4.78 is 1.44. The van der Waals surface area contributed by atoms with Gasteiger partial charge in [-0.3, -0.25) is 9.59 Å². The Kier molecular flexibility index (Phi) is 7.56. The number of aryl methyl sites for hydroxylation is 1. The SMILES string of the molecule is Cn1nnnc1SCC1(C(=O)[O-])CS[C@@H]2C(NC(=O)C(O)c3ccccc3)C(=O)N2C1.[Li+]. The van der Waals surface area contributed by atoms with Crippen molar-refractivity contribution in [3.63, 3.8) is 0 Å². The number of fused-ring (bicyclic) bond motifs is 1. The fourth-order valence-corrected chi connectivity index (χ4v) is 6.16. The summed E-state index contributed by atoms with van der Waals surface area (Å²) in [6.45, 7) is -0.0300. The molecule has 3 heterocycles. The van der Waals surface area contributed by atoms with E-state index in [0.29, 0.717) is 10.7 Å². The van der Waals surface area contributed by atoms with E-state index in [4.69, 9.17) is 0 Å². The number of carbonyl (C=O) groups excluding carboxylic acids is 3. The van der Waals surface area contributed by atoms with Crippen molar-refractivity contribution in [1.82, 2.24) is 30.4 Å². The van der Waals surface area contributed by atoms with Crippen LogP contribution in [-0.4, -0.2) is 77.5 Å². The molecule has 2 saturated heterocycles. The Morgan fingerprint density at radius 3 is 2.75 bits per heavy atom. The van der Waals surface area contributed by atoms with Crippen LogP contribution in [0.25, 0.3) is 0 Å². The van der Waals surface area contributed by atoms with E-state index in [2.05, 4.69) is 20.8 Å². The Hall–Kier alpha value is -2.04. The average Bonchev–Trinajstić information content (AvgIpc) is 3.20. The van der Waals surface area contributed by atoms with E-state index in [0.717, 1.165) is 0 Å². The summed E-state index contributed by atoms with van der Waals surface area (Å²) in [6, 6.07) is 7.59. The number of hydrogen-bond donors (Lipinski definition) is 2. The molecular formula is C18H19LiN6O5S2. The average molecular weight is 470 g/mol. The molecule has 11 nitrogen and oxygen atoms in total. The molecule has 2 fully saturated rings. The van der Waals surface area contributed by atoms with Crippen molar-refractivity contribution in [2.75, 3.05) is 18.1 Å². The van der Waals surface area contributed by atoms with Gasteiger partial charge < -0.3 is 25.2 Å². The van der Waals surface area contributed by atoms with E-state index < -0.39 is 34.8 Å². The second kappa shape index (κ2) is 9.84. The van der Waals surface area contributed by atoms with Crippen molar-refractivity contribution in [3.05, 3.63) is 35.9 Å². The Labute approximate surface area is 203 Å². The van der Waals surface area contributed by atoms with Crippen LogP contribution in [0, 0.1) is 5.41 Å². The Morgan fingerprint density at radius 1 is 1.41 bits per heavy atom. The van der Waals surface area contributed by atoms with Crippen molar-refractivity contribution in [2.45, 2.75) is 22.7 Å². The number of hydrogen-bond acceptors (Lipinski definition) is 10. The number of aliphatic hydroxyl groups excluding tert-OH is 1. The van der Waals surface area contributed by atoms with Crippen LogP contribution >= 0.6 is 23.5 Å². The standard InChI is InChI=1S/C18H20N6O5S2.Li/c1-23-17(20-21-22-23)31-9-18(16(28)29)7-24-14(27)11(15(24)30-8-18)19-13(26)12(25)10-5-3-2-4-6-10;/h2-6,11-12,15,25H,7-9H2,1H3,(H,19,26)(H,28,29);/q;+1/p-1/t11?,12?,15-,18?;/m1./s1. The number of β-lactam (4-membered cyclic amide) rings is 1. The van der Waals surface area contributed by atoms with Gasteiger partial charge in [0.1, 0.15) is 11.4 Å². The number of carboxylic acid groups (broad SMARTS) is 1. The molecule has 0 aliphatic carbocycles. The first-order chi connectivity index (χ1) is 14.8. The molecule has 2 aliphatic rings. The predicted molar refractivity (Wildman–Crippen MR) is 108 cm³/mol. The second-order valence-corrected chi connectivity index (χ2v) is 9.46. The van der Waals surface area contributed by atoms with Crippen molar-refractivity contribution in [1.29, 1.82) is 0 Å². The molecule has 0 bridgehead atoms. The van der Waals surface area contributed by atoms with E-state index in [1.807, 2.05) is 0 Å². The van der Waals surface area contributed by atoms with E-state index in [9.17, 15) is 24.6 Å². The molecule has 3 unspecified atom stereocenters. The predicted octanol–water partition coefficient (Wildman–Crippen LogP) is -4.82. The molecule has 2 amide bonds. The van der Waals surface area contributed by atoms with Gasteiger partial charge in [0.2, 0.25) is 11.1 Å². The van der Waals surface area contributed by atoms with Gasteiger partial charge >= 0.3 is 18.9 Å². The van der Waals surface area contributed by atoms with Crippen molar-refractivity contribution < 1.29 is 43.5 Å². The summed E-state index contributed by atoms with van der Waals surface area (Å²) >= 11 is 2.45. The summed E-state index contributed by atoms with van der Waals surface area (Å²) in [5.74, 6) is -1.97. The molecule has 32 heavy (non-hydrogen) atoms. The van der Waals surface area contributed by atoms with Gasteiger partial charge in [0.25, 0.3) is 5.91 Å². The minimum Gasteiger partial charge on any atom is -0.549 e. The second-order valence-electron chi connectivity index (χ2n) is 7.41. The van der Waals surface area contributed by atoms with Gasteiger partial charge in [-0.1, -0.05) is 42.1 Å². The number of tetrazole rings is 1. The monoisotopic (exact) mass is 470 g/mol. The van der Waals surface area contributed by atoms with Gasteiger partial charge in [-0.15, -0.1) is 16.9 Å². The minimum atomic E-state index is -1.39. The Morgan fingerprint density at radius 2 is 2.12 bits per heavy atom. The van der Waals surface area contributed by atoms with Crippen LogP contribution in [0.3, 0.4) is 0 Å². The number of thioether (sulfide) groups is 2. The van der Waals surface area contributed by atoms with E-state index in [-0.39, 0.29) is 42.8 Å². The number of amides is 2. The smallest absolute Gasteiger partial charge is 0.549 e. The maximum atomic E-state index is 12.6. The van der Waals surface area contributed by atoms with Crippen LogP contribution in [-0.2, 0) is 21.4 Å². The Balaban J connectivity index is 0.00000289. The number of nitrogens with one attached hydrogen (secondary N) is 1. The third-order valence-electron chi connectivity index (χ3n) is 5.30. The zero-order chi connectivity index (χ0) is 22.2. The molecule has 0 radical (unpaired) electrons. The van der Waals surface area contributed by atoms with Gasteiger partial charge in [-0.05, 0) is 16.0 Å². The van der Waals surface area contributed by atoms with Crippen LogP contribution in [0.4, 0.5) is 0 Å². The van der Waals surface area contributed by atoms with Crippen LogP contribution in [0.5, 0.6) is 0 Å². The fourth-order valence-electron chi connectivity index (χ4n) is 3.46. The van der Waals surface area contributed by atoms with Crippen LogP contribution in [0.1, 0.15) is 11.7 Å². The number of aromatic nitrogens is 4. The van der Waals surface area contributed by atoms with Crippen molar-refractivity contribution in [2.24, 2.45) is 12.5 Å². The summed E-state index contributed by atoms with van der Waals surface area (Å²) in [7, 11) is 1.65. The first-order valence-electron chi connectivity index (χ1n) is 9.34. The fraction of sp³-hybridized carbons (Fsp3) is 0.444. The molecule has 0 spiro atoms. The van der Waals surface area contributed by atoms with Gasteiger partial charge in [-0.25, -0.2) is 4.68 Å². The number of aliphatic hydroxyl groups is 1. The molecule has 164 valence electrons. The molecule has 2 N–H and O–H groups in total. The summed E-state index contributed by atoms with van der Waals surface area (Å²) in [5.41, 5.74) is -0.849. The molecule has 2 aromatic rings. The summed E-state index contributed by atoms with van der Waals surface area (Å²) in [4.78, 5) is 38.4. The van der Waals surface area contributed by atoms with Gasteiger partial charge in [0, 0.05) is 30.5 Å². The molecule has 4 rings (SSSR count). The minimum absolute atomic E-state index is 0. The molecule has 1 aromatic heterocycles. The van der Waals surface area contributed by atoms with Gasteiger partial charge in [0.05, 0.1) is 5.97 Å². The first-order valence-corrected chi connectivity index (χ1v) is 11.4. The third-order valence-corrected chi connectivity index (χ3v) is 8.19. The third kappa shape index (κ3) is 4.53. The normalized spacial score (nSPS) is 25.2. The zero-order valence-electron chi connectivity index (χ0n) is 17.4. The zero-order valence-corrected chi connectivity index (χ0v) is 19.0. The van der Waals surface area contributed by atoms with Crippen LogP contribution in [0.15, 0.2) is 35.5 Å². The molecule has 1 aromatic carbocycles. The molecule has 4 atom stereocenters.